The molecule has 1 aromatic rings. The molecule has 0 aliphatic carbocycles. The number of piperidine rings is 2. The van der Waals surface area contributed by atoms with Gasteiger partial charge >= 0.3 is 0 Å². The van der Waals surface area contributed by atoms with Crippen molar-refractivity contribution in [2.24, 2.45) is 11.7 Å². The molecule has 0 saturated carbocycles. The molecule has 0 unspecified atom stereocenters. The Morgan fingerprint density at radius 1 is 1.15 bits per heavy atom. The Balaban J connectivity index is 1.64. The lowest BCUT2D eigenvalue weighted by molar-refractivity contribution is -0.136. The lowest BCUT2D eigenvalue weighted by atomic mass is 9.94. The molecule has 2 amide bonds. The first-order valence-corrected chi connectivity index (χ1v) is 9.53. The molecule has 26 heavy (non-hydrogen) atoms. The summed E-state index contributed by atoms with van der Waals surface area (Å²) < 4.78 is 5.34. The van der Waals surface area contributed by atoms with Crippen molar-refractivity contribution in [2.75, 3.05) is 33.3 Å². The molecule has 0 spiro atoms. The summed E-state index contributed by atoms with van der Waals surface area (Å²) >= 11 is 0. The lowest BCUT2D eigenvalue weighted by Gasteiger charge is -2.38. The van der Waals surface area contributed by atoms with E-state index in [1.165, 1.54) is 0 Å². The zero-order valence-electron chi connectivity index (χ0n) is 15.5. The second kappa shape index (κ2) is 8.54. The van der Waals surface area contributed by atoms with Gasteiger partial charge in [0.05, 0.1) is 19.7 Å². The molecule has 3 rings (SSSR count). The fourth-order valence-corrected chi connectivity index (χ4v) is 4.08. The van der Waals surface area contributed by atoms with Crippen molar-refractivity contribution in [3.8, 4) is 5.75 Å². The molecule has 6 nitrogen and oxygen atoms in total. The van der Waals surface area contributed by atoms with Crippen molar-refractivity contribution in [3.63, 3.8) is 0 Å². The number of rotatable bonds is 5. The number of amides is 2. The van der Waals surface area contributed by atoms with E-state index in [0.29, 0.717) is 6.54 Å². The molecule has 142 valence electrons. The highest BCUT2D eigenvalue weighted by molar-refractivity contribution is 5.79. The number of hydrogen-bond donors (Lipinski definition) is 1. The van der Waals surface area contributed by atoms with E-state index in [9.17, 15) is 9.59 Å². The molecule has 1 atom stereocenters. The maximum Gasteiger partial charge on any atom is 0.237 e. The number of nitrogens with zero attached hydrogens (tertiary/aromatic N) is 2. The summed E-state index contributed by atoms with van der Waals surface area (Å²) in [5, 5.41) is 0. The quantitative estimate of drug-likeness (QED) is 0.872. The van der Waals surface area contributed by atoms with Gasteiger partial charge < -0.3 is 15.4 Å². The summed E-state index contributed by atoms with van der Waals surface area (Å²) in [5.41, 5.74) is 6.54. The van der Waals surface area contributed by atoms with Crippen LogP contribution >= 0.6 is 0 Å². The minimum absolute atomic E-state index is 0.0409. The lowest BCUT2D eigenvalue weighted by Crippen LogP contribution is -2.47. The number of primary amides is 1. The standard InChI is InChI=1S/C20H29N3O3/c1-26-17-6-4-5-16(13-17)18-7-2-3-10-23(18)19(24)14-22-11-8-15(9-12-22)20(21)25/h4-6,13,15,18H,2-3,7-12,14H2,1H3,(H2,21,25)/t18-/m1/s1. The first kappa shape index (κ1) is 18.7. The van der Waals surface area contributed by atoms with Gasteiger partial charge in [-0.05, 0) is 62.9 Å². The number of likely N-dealkylation sites (tertiary alicyclic amines) is 2. The van der Waals surface area contributed by atoms with E-state index in [4.69, 9.17) is 10.5 Å². The Labute approximate surface area is 155 Å². The molecule has 1 aromatic carbocycles. The van der Waals surface area contributed by atoms with Crippen LogP contribution in [0.3, 0.4) is 0 Å². The van der Waals surface area contributed by atoms with E-state index in [1.807, 2.05) is 23.1 Å². The number of nitrogens with two attached hydrogens (primary N) is 1. The van der Waals surface area contributed by atoms with E-state index in [-0.39, 0.29) is 23.8 Å². The predicted molar refractivity (Wildman–Crippen MR) is 99.7 cm³/mol. The van der Waals surface area contributed by atoms with E-state index in [0.717, 1.165) is 63.1 Å². The second-order valence-corrected chi connectivity index (χ2v) is 7.33. The maximum atomic E-state index is 13.0. The molecule has 2 aliphatic rings. The van der Waals surface area contributed by atoms with Gasteiger partial charge in [0.25, 0.3) is 0 Å². The number of carbonyl (C=O) groups excluding carboxylic acids is 2. The SMILES string of the molecule is COc1cccc([C@H]2CCCCN2C(=O)CN2CCC(C(N)=O)CC2)c1. The molecule has 2 heterocycles. The molecule has 0 aromatic heterocycles. The van der Waals surface area contributed by atoms with Gasteiger partial charge in [-0.25, -0.2) is 0 Å². The molecule has 0 radical (unpaired) electrons. The Morgan fingerprint density at radius 3 is 2.62 bits per heavy atom. The molecule has 2 saturated heterocycles. The van der Waals surface area contributed by atoms with E-state index < -0.39 is 0 Å². The van der Waals surface area contributed by atoms with Crippen LogP contribution in [0.1, 0.15) is 43.7 Å². The third-order valence-corrected chi connectivity index (χ3v) is 5.65. The summed E-state index contributed by atoms with van der Waals surface area (Å²) in [5.74, 6) is 0.745. The smallest absolute Gasteiger partial charge is 0.237 e. The van der Waals surface area contributed by atoms with Crippen LogP contribution in [0, 0.1) is 5.92 Å². The van der Waals surface area contributed by atoms with Crippen molar-refractivity contribution in [2.45, 2.75) is 38.1 Å². The molecule has 2 fully saturated rings. The monoisotopic (exact) mass is 359 g/mol. The van der Waals surface area contributed by atoms with Gasteiger partial charge in [0, 0.05) is 12.5 Å². The van der Waals surface area contributed by atoms with E-state index >= 15 is 0 Å². The maximum absolute atomic E-state index is 13.0. The molecular weight excluding hydrogens is 330 g/mol. The van der Waals surface area contributed by atoms with Gasteiger partial charge in [-0.15, -0.1) is 0 Å². The Hall–Kier alpha value is -2.08. The Morgan fingerprint density at radius 2 is 1.92 bits per heavy atom. The fourth-order valence-electron chi connectivity index (χ4n) is 4.08. The summed E-state index contributed by atoms with van der Waals surface area (Å²) in [6.07, 6.45) is 4.68. The summed E-state index contributed by atoms with van der Waals surface area (Å²) in [6.45, 7) is 2.75. The van der Waals surface area contributed by atoms with Crippen molar-refractivity contribution in [1.82, 2.24) is 9.80 Å². The summed E-state index contributed by atoms with van der Waals surface area (Å²) in [4.78, 5) is 28.5. The van der Waals surface area contributed by atoms with Crippen LogP contribution in [0.5, 0.6) is 5.75 Å². The van der Waals surface area contributed by atoms with Crippen LogP contribution in [0.25, 0.3) is 0 Å². The first-order chi connectivity index (χ1) is 12.6. The van der Waals surface area contributed by atoms with Crippen molar-refractivity contribution in [3.05, 3.63) is 29.8 Å². The molecule has 6 heteroatoms. The van der Waals surface area contributed by atoms with E-state index in [1.54, 1.807) is 7.11 Å². The van der Waals surface area contributed by atoms with Crippen LogP contribution in [0.2, 0.25) is 0 Å². The van der Waals surface area contributed by atoms with Gasteiger partial charge in [-0.3, -0.25) is 14.5 Å². The third kappa shape index (κ3) is 4.36. The average Bonchev–Trinajstić information content (AvgIpc) is 2.68. The Kier molecular flexibility index (Phi) is 6.14. The van der Waals surface area contributed by atoms with Crippen molar-refractivity contribution < 1.29 is 14.3 Å². The number of hydrogen-bond acceptors (Lipinski definition) is 4. The number of ether oxygens (including phenoxy) is 1. The van der Waals surface area contributed by atoms with Crippen molar-refractivity contribution in [1.29, 1.82) is 0 Å². The zero-order chi connectivity index (χ0) is 18.5. The highest BCUT2D eigenvalue weighted by atomic mass is 16.5. The van der Waals surface area contributed by atoms with Crippen LogP contribution in [0.15, 0.2) is 24.3 Å². The molecule has 2 aliphatic heterocycles. The van der Waals surface area contributed by atoms with Gasteiger partial charge in [-0.1, -0.05) is 12.1 Å². The molecule has 2 N–H and O–H groups in total. The highest BCUT2D eigenvalue weighted by Crippen LogP contribution is 2.32. The minimum atomic E-state index is -0.218. The minimum Gasteiger partial charge on any atom is -0.497 e. The molecular formula is C20H29N3O3. The number of methoxy groups -OCH3 is 1. The van der Waals surface area contributed by atoms with Gasteiger partial charge in [0.1, 0.15) is 5.75 Å². The zero-order valence-corrected chi connectivity index (χ0v) is 15.5. The van der Waals surface area contributed by atoms with E-state index in [2.05, 4.69) is 11.0 Å². The normalized spacial score (nSPS) is 22.2. The first-order valence-electron chi connectivity index (χ1n) is 9.53. The number of benzene rings is 1. The van der Waals surface area contributed by atoms with Crippen LogP contribution in [-0.4, -0.2) is 54.9 Å². The summed E-state index contributed by atoms with van der Waals surface area (Å²) in [7, 11) is 1.67. The molecule has 0 bridgehead atoms. The third-order valence-electron chi connectivity index (χ3n) is 5.65. The van der Waals surface area contributed by atoms with Gasteiger partial charge in [0.15, 0.2) is 0 Å². The predicted octanol–water partition coefficient (Wildman–Crippen LogP) is 1.95. The van der Waals surface area contributed by atoms with Crippen LogP contribution in [0.4, 0.5) is 0 Å². The fraction of sp³-hybridized carbons (Fsp3) is 0.600. The van der Waals surface area contributed by atoms with Gasteiger partial charge in [0.2, 0.25) is 11.8 Å². The largest absolute Gasteiger partial charge is 0.497 e. The van der Waals surface area contributed by atoms with Crippen LogP contribution in [-0.2, 0) is 9.59 Å². The Bertz CT molecular complexity index is 641. The number of carbonyl (C=O) groups is 2. The summed E-state index contributed by atoms with van der Waals surface area (Å²) in [6, 6.07) is 8.15. The van der Waals surface area contributed by atoms with Crippen molar-refractivity contribution >= 4 is 11.8 Å². The van der Waals surface area contributed by atoms with Crippen LogP contribution < -0.4 is 10.5 Å². The second-order valence-electron chi connectivity index (χ2n) is 7.33. The van der Waals surface area contributed by atoms with Gasteiger partial charge in [-0.2, -0.15) is 0 Å². The highest BCUT2D eigenvalue weighted by Gasteiger charge is 2.30. The average molecular weight is 359 g/mol. The topological polar surface area (TPSA) is 75.9 Å².